The normalized spacial score (nSPS) is 15.6. The van der Waals surface area contributed by atoms with Gasteiger partial charge in [-0.05, 0) is 38.0 Å². The summed E-state index contributed by atoms with van der Waals surface area (Å²) in [6.45, 7) is 5.92. The minimum Gasteiger partial charge on any atom is -0.481 e. The fourth-order valence-corrected chi connectivity index (χ4v) is 1.91. The van der Waals surface area contributed by atoms with Crippen LogP contribution >= 0.6 is 0 Å². The van der Waals surface area contributed by atoms with Gasteiger partial charge in [0.25, 0.3) is 5.91 Å². The zero-order chi connectivity index (χ0) is 21.2. The molecule has 0 fully saturated rings. The Morgan fingerprint density at radius 1 is 1.04 bits per heavy atom. The molecule has 0 spiro atoms. The van der Waals surface area contributed by atoms with Crippen LogP contribution in [0.5, 0.6) is 5.75 Å². The van der Waals surface area contributed by atoms with E-state index in [9.17, 15) is 36.4 Å². The van der Waals surface area contributed by atoms with E-state index in [1.165, 1.54) is 6.92 Å². The fourth-order valence-electron chi connectivity index (χ4n) is 1.91. The quantitative estimate of drug-likeness (QED) is 0.743. The van der Waals surface area contributed by atoms with Gasteiger partial charge < -0.3 is 10.1 Å². The largest absolute Gasteiger partial charge is 0.481 e. The molecular formula is C17H18F6N2O2. The highest BCUT2D eigenvalue weighted by molar-refractivity contribution is 5.82. The van der Waals surface area contributed by atoms with Gasteiger partial charge in [-0.2, -0.15) is 31.6 Å². The number of hydrogen-bond acceptors (Lipinski definition) is 3. The summed E-state index contributed by atoms with van der Waals surface area (Å²) in [5.74, 6) is -1.91. The van der Waals surface area contributed by atoms with E-state index in [0.717, 1.165) is 6.92 Å². The smallest absolute Gasteiger partial charge is 0.416 e. The maximum atomic E-state index is 12.9. The van der Waals surface area contributed by atoms with Crippen molar-refractivity contribution >= 4 is 5.91 Å². The van der Waals surface area contributed by atoms with Gasteiger partial charge in [-0.15, -0.1) is 0 Å². The molecule has 10 heteroatoms. The summed E-state index contributed by atoms with van der Waals surface area (Å²) >= 11 is 0. The van der Waals surface area contributed by atoms with Gasteiger partial charge in [-0.1, -0.05) is 13.8 Å². The first kappa shape index (κ1) is 22.6. The topological polar surface area (TPSA) is 62.1 Å². The third-order valence-electron chi connectivity index (χ3n) is 4.01. The van der Waals surface area contributed by atoms with E-state index in [1.807, 2.05) is 6.07 Å². The van der Waals surface area contributed by atoms with Crippen LogP contribution in [0.4, 0.5) is 26.3 Å². The Kier molecular flexibility index (Phi) is 6.41. The molecule has 0 radical (unpaired) electrons. The number of halogens is 6. The monoisotopic (exact) mass is 396 g/mol. The molecule has 1 aromatic carbocycles. The number of nitriles is 1. The molecule has 1 aromatic rings. The fraction of sp³-hybridized carbons (Fsp3) is 0.529. The van der Waals surface area contributed by atoms with Crippen molar-refractivity contribution in [3.63, 3.8) is 0 Å². The van der Waals surface area contributed by atoms with Crippen molar-refractivity contribution in [2.45, 2.75) is 51.7 Å². The third kappa shape index (κ3) is 5.77. The molecule has 1 amide bonds. The Hall–Kier alpha value is -2.44. The first-order valence-electron chi connectivity index (χ1n) is 7.79. The summed E-state index contributed by atoms with van der Waals surface area (Å²) in [5, 5.41) is 11.6. The van der Waals surface area contributed by atoms with Crippen molar-refractivity contribution < 1.29 is 35.9 Å². The van der Waals surface area contributed by atoms with Crippen molar-refractivity contribution in [3.05, 3.63) is 29.3 Å². The van der Waals surface area contributed by atoms with Crippen LogP contribution in [0.15, 0.2) is 18.2 Å². The minimum absolute atomic E-state index is 0.0386. The molecule has 150 valence electrons. The highest BCUT2D eigenvalue weighted by Gasteiger charge is 2.38. The number of hydrogen-bond donors (Lipinski definition) is 1. The van der Waals surface area contributed by atoms with Crippen LogP contribution in [0.3, 0.4) is 0 Å². The second-order valence-corrected chi connectivity index (χ2v) is 6.46. The summed E-state index contributed by atoms with van der Waals surface area (Å²) in [6.07, 6.45) is -11.5. The molecule has 0 saturated carbocycles. The lowest BCUT2D eigenvalue weighted by molar-refractivity contribution is -0.143. The van der Waals surface area contributed by atoms with Crippen LogP contribution < -0.4 is 10.1 Å². The number of ether oxygens (including phenoxy) is 1. The Bertz CT molecular complexity index is 704. The molecule has 2 atom stereocenters. The second-order valence-electron chi connectivity index (χ2n) is 6.46. The van der Waals surface area contributed by atoms with Gasteiger partial charge in [-0.3, -0.25) is 4.79 Å². The molecule has 0 aromatic heterocycles. The van der Waals surface area contributed by atoms with Crippen LogP contribution in [-0.4, -0.2) is 17.6 Å². The van der Waals surface area contributed by atoms with Crippen molar-refractivity contribution in [1.82, 2.24) is 5.32 Å². The minimum atomic E-state index is -5.03. The standard InChI is InChI=1S/C17H18F6N2O2/c1-9(2)15(4,8-24)25-14(26)10(3)27-13-6-11(16(18,19)20)5-12(7-13)17(21,22)23/h5-7,9-10H,1-4H3,(H,25,26). The van der Waals surface area contributed by atoms with E-state index < -0.39 is 46.8 Å². The Balaban J connectivity index is 3.13. The molecule has 0 aliphatic rings. The highest BCUT2D eigenvalue weighted by Crippen LogP contribution is 2.38. The van der Waals surface area contributed by atoms with Gasteiger partial charge in [0.2, 0.25) is 0 Å². The zero-order valence-corrected chi connectivity index (χ0v) is 14.9. The van der Waals surface area contributed by atoms with Crippen molar-refractivity contribution in [2.24, 2.45) is 5.92 Å². The molecule has 0 heterocycles. The Morgan fingerprint density at radius 3 is 1.81 bits per heavy atom. The number of rotatable bonds is 5. The maximum Gasteiger partial charge on any atom is 0.416 e. The molecule has 0 aliphatic carbocycles. The predicted molar refractivity (Wildman–Crippen MR) is 83.5 cm³/mol. The first-order valence-corrected chi connectivity index (χ1v) is 7.79. The summed E-state index contributed by atoms with van der Waals surface area (Å²) < 4.78 is 82.1. The van der Waals surface area contributed by atoms with E-state index >= 15 is 0 Å². The van der Waals surface area contributed by atoms with Crippen LogP contribution in [-0.2, 0) is 17.1 Å². The summed E-state index contributed by atoms with van der Waals surface area (Å²) in [4.78, 5) is 12.2. The van der Waals surface area contributed by atoms with E-state index in [4.69, 9.17) is 4.74 Å². The lowest BCUT2D eigenvalue weighted by atomic mass is 9.90. The van der Waals surface area contributed by atoms with E-state index in [1.54, 1.807) is 13.8 Å². The molecule has 1 N–H and O–H groups in total. The summed E-state index contributed by atoms with van der Waals surface area (Å²) in [7, 11) is 0. The molecule has 0 aliphatic heterocycles. The molecular weight excluding hydrogens is 378 g/mol. The second kappa shape index (κ2) is 7.66. The van der Waals surface area contributed by atoms with Gasteiger partial charge in [0, 0.05) is 0 Å². The van der Waals surface area contributed by atoms with Crippen LogP contribution in [0.1, 0.15) is 38.8 Å². The Labute approximate surface area is 152 Å². The summed E-state index contributed by atoms with van der Waals surface area (Å²) in [5.41, 5.74) is -4.38. The van der Waals surface area contributed by atoms with E-state index in [0.29, 0.717) is 12.1 Å². The van der Waals surface area contributed by atoms with Crippen LogP contribution in [0, 0.1) is 17.2 Å². The number of nitrogens with zero attached hydrogens (tertiary/aromatic N) is 1. The van der Waals surface area contributed by atoms with Gasteiger partial charge in [0.05, 0.1) is 17.2 Å². The molecule has 0 bridgehead atoms. The average molecular weight is 396 g/mol. The number of alkyl halides is 6. The highest BCUT2D eigenvalue weighted by atomic mass is 19.4. The zero-order valence-electron chi connectivity index (χ0n) is 14.9. The first-order chi connectivity index (χ1) is 12.1. The van der Waals surface area contributed by atoms with Crippen molar-refractivity contribution in [3.8, 4) is 11.8 Å². The lowest BCUT2D eigenvalue weighted by Crippen LogP contribution is -2.52. The summed E-state index contributed by atoms with van der Waals surface area (Å²) in [6, 6.07) is 2.62. The van der Waals surface area contributed by atoms with Gasteiger partial charge in [-0.25, -0.2) is 0 Å². The number of carbonyl (C=O) groups is 1. The van der Waals surface area contributed by atoms with Crippen molar-refractivity contribution in [1.29, 1.82) is 5.26 Å². The SMILES string of the molecule is CC(Oc1cc(C(F)(F)F)cc(C(F)(F)F)c1)C(=O)NC(C)(C#N)C(C)C. The molecule has 4 nitrogen and oxygen atoms in total. The molecule has 1 rings (SSSR count). The number of benzene rings is 1. The van der Waals surface area contributed by atoms with Gasteiger partial charge >= 0.3 is 12.4 Å². The molecule has 27 heavy (non-hydrogen) atoms. The van der Waals surface area contributed by atoms with E-state index in [2.05, 4.69) is 5.32 Å². The van der Waals surface area contributed by atoms with Crippen LogP contribution in [0.2, 0.25) is 0 Å². The van der Waals surface area contributed by atoms with Gasteiger partial charge in [0.15, 0.2) is 6.10 Å². The lowest BCUT2D eigenvalue weighted by Gasteiger charge is -2.29. The molecule has 2 unspecified atom stereocenters. The number of amides is 1. The number of nitrogens with one attached hydrogen (secondary N) is 1. The van der Waals surface area contributed by atoms with Crippen LogP contribution in [0.25, 0.3) is 0 Å². The number of carbonyl (C=O) groups excluding carboxylic acids is 1. The van der Waals surface area contributed by atoms with Gasteiger partial charge in [0.1, 0.15) is 11.3 Å². The third-order valence-corrected chi connectivity index (χ3v) is 4.01. The van der Waals surface area contributed by atoms with E-state index in [-0.39, 0.29) is 12.0 Å². The maximum absolute atomic E-state index is 12.9. The predicted octanol–water partition coefficient (Wildman–Crippen LogP) is 4.55. The van der Waals surface area contributed by atoms with Crippen molar-refractivity contribution in [2.75, 3.05) is 0 Å². The average Bonchev–Trinajstić information content (AvgIpc) is 2.52. The Morgan fingerprint density at radius 2 is 1.48 bits per heavy atom. The molecule has 0 saturated heterocycles.